The van der Waals surface area contributed by atoms with Crippen molar-refractivity contribution >= 4 is 30.1 Å². The highest BCUT2D eigenvalue weighted by atomic mass is 16.5. The number of benzene rings is 5. The Bertz CT molecular complexity index is 2080. The highest BCUT2D eigenvalue weighted by Gasteiger charge is 2.38. The lowest BCUT2D eigenvalue weighted by molar-refractivity contribution is -0.131. The number of nitrogens with zero attached hydrogens (tertiary/aromatic N) is 1. The second-order valence-electron chi connectivity index (χ2n) is 14.6. The van der Waals surface area contributed by atoms with E-state index in [0.29, 0.717) is 17.4 Å². The number of rotatable bonds is 19. The molecule has 0 saturated carbocycles. The fourth-order valence-electron chi connectivity index (χ4n) is 6.84. The van der Waals surface area contributed by atoms with Crippen molar-refractivity contribution < 1.29 is 28.7 Å². The maximum absolute atomic E-state index is 14.0. The Morgan fingerprint density at radius 2 is 1.17 bits per heavy atom. The second kappa shape index (κ2) is 21.5. The van der Waals surface area contributed by atoms with Crippen LogP contribution in [0.4, 0.5) is 4.79 Å². The van der Waals surface area contributed by atoms with Crippen LogP contribution in [0.3, 0.4) is 0 Å². The van der Waals surface area contributed by atoms with Crippen molar-refractivity contribution in [1.29, 1.82) is 5.26 Å². The van der Waals surface area contributed by atoms with Crippen molar-refractivity contribution in [2.75, 3.05) is 0 Å². The first-order valence-corrected chi connectivity index (χ1v) is 19.6. The van der Waals surface area contributed by atoms with Crippen LogP contribution in [0.5, 0.6) is 0 Å². The minimum absolute atomic E-state index is 0.00325. The standard InChI is InChI=1S/C48H49N5O6/c1-34(2)29-42(52-47(58)59-33-37-15-7-3-8-16-37)46(57)51-43(30-35-23-25-36(31-49)26-24-35)45(56)50-41(32-54)27-28-44(55)53-48(38-17-9-4-10-18-38,39-19-11-5-12-20-39)40-21-13-6-14-22-40/h3-26,32,34,41-43H,27-30,33H2,1-2H3,(H,50,56)(H,51,57)(H,52,58)(H,53,55)/t41-,42-,43-/m0/s1. The molecule has 0 fully saturated rings. The Labute approximate surface area is 345 Å². The van der Waals surface area contributed by atoms with Gasteiger partial charge in [-0.1, -0.05) is 147 Å². The van der Waals surface area contributed by atoms with Gasteiger partial charge in [0.1, 0.15) is 30.5 Å². The molecule has 11 heteroatoms. The Balaban J connectivity index is 1.32. The van der Waals surface area contributed by atoms with E-state index in [9.17, 15) is 29.2 Å². The molecule has 302 valence electrons. The average molecular weight is 792 g/mol. The summed E-state index contributed by atoms with van der Waals surface area (Å²) in [5.41, 5.74) is 3.28. The van der Waals surface area contributed by atoms with E-state index in [2.05, 4.69) is 27.3 Å². The summed E-state index contributed by atoms with van der Waals surface area (Å²) in [4.78, 5) is 67.1. The number of ether oxygens (including phenoxy) is 1. The fourth-order valence-corrected chi connectivity index (χ4v) is 6.84. The van der Waals surface area contributed by atoms with Crippen LogP contribution in [0.25, 0.3) is 0 Å². The van der Waals surface area contributed by atoms with Gasteiger partial charge in [-0.2, -0.15) is 5.26 Å². The maximum atomic E-state index is 14.0. The third kappa shape index (κ3) is 12.2. The number of nitrogens with one attached hydrogen (secondary N) is 4. The molecule has 11 nitrogen and oxygen atoms in total. The molecular formula is C48H49N5O6. The normalized spacial score (nSPS) is 12.5. The molecule has 0 aliphatic rings. The molecule has 5 rings (SSSR count). The molecule has 0 spiro atoms. The predicted molar refractivity (Wildman–Crippen MR) is 224 cm³/mol. The molecule has 0 unspecified atom stereocenters. The molecule has 4 amide bonds. The van der Waals surface area contributed by atoms with Gasteiger partial charge in [-0.15, -0.1) is 0 Å². The molecule has 0 radical (unpaired) electrons. The number of carbonyl (C=O) groups is 5. The third-order valence-electron chi connectivity index (χ3n) is 9.81. The summed E-state index contributed by atoms with van der Waals surface area (Å²) >= 11 is 0. The number of hydrogen-bond acceptors (Lipinski definition) is 7. The molecule has 3 atom stereocenters. The largest absolute Gasteiger partial charge is 0.445 e. The SMILES string of the molecule is CC(C)C[C@H](NC(=O)OCc1ccccc1)C(=O)N[C@@H](Cc1ccc(C#N)cc1)C(=O)N[C@H](C=O)CCC(=O)NC(c1ccccc1)(c1ccccc1)c1ccccc1. The molecule has 0 aliphatic carbocycles. The number of amides is 4. The number of nitriles is 1. The van der Waals surface area contributed by atoms with Crippen LogP contribution in [-0.2, 0) is 42.5 Å². The summed E-state index contributed by atoms with van der Waals surface area (Å²) in [7, 11) is 0. The number of hydrogen-bond donors (Lipinski definition) is 4. The second-order valence-corrected chi connectivity index (χ2v) is 14.6. The van der Waals surface area contributed by atoms with Crippen LogP contribution < -0.4 is 21.3 Å². The number of aldehydes is 1. The molecule has 0 aliphatic heterocycles. The van der Waals surface area contributed by atoms with E-state index in [1.165, 1.54) is 0 Å². The van der Waals surface area contributed by atoms with E-state index in [-0.39, 0.29) is 44.1 Å². The van der Waals surface area contributed by atoms with Gasteiger partial charge in [0.2, 0.25) is 17.7 Å². The lowest BCUT2D eigenvalue weighted by Crippen LogP contribution is -2.56. The van der Waals surface area contributed by atoms with E-state index in [0.717, 1.165) is 22.3 Å². The minimum atomic E-state index is -1.19. The highest BCUT2D eigenvalue weighted by Crippen LogP contribution is 2.37. The van der Waals surface area contributed by atoms with Gasteiger partial charge in [0.15, 0.2) is 0 Å². The topological polar surface area (TPSA) is 166 Å². The van der Waals surface area contributed by atoms with Gasteiger partial charge >= 0.3 is 6.09 Å². The van der Waals surface area contributed by atoms with Gasteiger partial charge < -0.3 is 30.8 Å². The summed E-state index contributed by atoms with van der Waals surface area (Å²) in [6.45, 7) is 3.79. The number of alkyl carbamates (subject to hydrolysis) is 1. The van der Waals surface area contributed by atoms with E-state index in [1.807, 2.05) is 135 Å². The van der Waals surface area contributed by atoms with E-state index in [1.54, 1.807) is 24.3 Å². The summed E-state index contributed by atoms with van der Waals surface area (Å²) in [6, 6.07) is 43.3. The maximum Gasteiger partial charge on any atom is 0.408 e. The van der Waals surface area contributed by atoms with Crippen LogP contribution in [-0.4, -0.2) is 48.2 Å². The molecule has 4 N–H and O–H groups in total. The van der Waals surface area contributed by atoms with Gasteiger partial charge in [0, 0.05) is 12.8 Å². The molecule has 0 bridgehead atoms. The van der Waals surface area contributed by atoms with E-state index in [4.69, 9.17) is 4.74 Å². The average Bonchev–Trinajstić information content (AvgIpc) is 3.27. The lowest BCUT2D eigenvalue weighted by atomic mass is 9.77. The lowest BCUT2D eigenvalue weighted by Gasteiger charge is -2.37. The van der Waals surface area contributed by atoms with Crippen molar-refractivity contribution in [1.82, 2.24) is 21.3 Å². The molecule has 5 aromatic rings. The quantitative estimate of drug-likeness (QED) is 0.0548. The first-order chi connectivity index (χ1) is 28.6. The molecular weight excluding hydrogens is 743 g/mol. The molecule has 59 heavy (non-hydrogen) atoms. The van der Waals surface area contributed by atoms with Gasteiger partial charge in [-0.3, -0.25) is 14.4 Å². The highest BCUT2D eigenvalue weighted by molar-refractivity contribution is 5.92. The number of carbonyl (C=O) groups excluding carboxylic acids is 5. The van der Waals surface area contributed by atoms with Crippen molar-refractivity contribution in [3.63, 3.8) is 0 Å². The zero-order valence-electron chi connectivity index (χ0n) is 33.2. The molecule has 0 heterocycles. The Morgan fingerprint density at radius 3 is 1.66 bits per heavy atom. The van der Waals surface area contributed by atoms with Crippen LogP contribution in [0.2, 0.25) is 0 Å². The van der Waals surface area contributed by atoms with Crippen molar-refractivity contribution in [3.05, 3.63) is 179 Å². The van der Waals surface area contributed by atoms with E-state index >= 15 is 0 Å². The summed E-state index contributed by atoms with van der Waals surface area (Å²) in [6.07, 6.45) is -0.113. The summed E-state index contributed by atoms with van der Waals surface area (Å²) in [5.74, 6) is -1.65. The Morgan fingerprint density at radius 1 is 0.661 bits per heavy atom. The monoisotopic (exact) mass is 791 g/mol. The van der Waals surface area contributed by atoms with Crippen LogP contribution in [0.15, 0.2) is 146 Å². The zero-order valence-corrected chi connectivity index (χ0v) is 33.2. The Kier molecular flexibility index (Phi) is 15.7. The molecule has 0 saturated heterocycles. The van der Waals surface area contributed by atoms with Gasteiger partial charge in [0.25, 0.3) is 0 Å². The predicted octanol–water partition coefficient (Wildman–Crippen LogP) is 6.50. The minimum Gasteiger partial charge on any atom is -0.445 e. The fraction of sp³-hybridized carbons (Fsp3) is 0.250. The van der Waals surface area contributed by atoms with Gasteiger partial charge in [-0.25, -0.2) is 4.79 Å². The first-order valence-electron chi connectivity index (χ1n) is 19.6. The van der Waals surface area contributed by atoms with E-state index < -0.39 is 41.6 Å². The van der Waals surface area contributed by atoms with Crippen molar-refractivity contribution in [2.45, 2.75) is 69.8 Å². The van der Waals surface area contributed by atoms with Crippen LogP contribution >= 0.6 is 0 Å². The third-order valence-corrected chi connectivity index (χ3v) is 9.81. The summed E-state index contributed by atoms with van der Waals surface area (Å²) in [5, 5.41) is 20.7. The van der Waals surface area contributed by atoms with Gasteiger partial charge in [0.05, 0.1) is 17.7 Å². The smallest absolute Gasteiger partial charge is 0.408 e. The molecule has 5 aromatic carbocycles. The Hall–Kier alpha value is -7.06. The van der Waals surface area contributed by atoms with Crippen LogP contribution in [0.1, 0.15) is 66.5 Å². The van der Waals surface area contributed by atoms with Crippen LogP contribution in [0, 0.1) is 17.2 Å². The van der Waals surface area contributed by atoms with Crippen molar-refractivity contribution in [3.8, 4) is 6.07 Å². The van der Waals surface area contributed by atoms with Crippen molar-refractivity contribution in [2.24, 2.45) is 5.92 Å². The first kappa shape index (κ1) is 43.1. The summed E-state index contributed by atoms with van der Waals surface area (Å²) < 4.78 is 5.37. The molecule has 0 aromatic heterocycles. The van der Waals surface area contributed by atoms with Gasteiger partial charge in [-0.05, 0) is 58.7 Å². The zero-order chi connectivity index (χ0) is 42.0.